The summed E-state index contributed by atoms with van der Waals surface area (Å²) in [6.45, 7) is -0.231. The second-order valence-electron chi connectivity index (χ2n) is 6.26. The van der Waals surface area contributed by atoms with Crippen LogP contribution in [0.3, 0.4) is 0 Å². The maximum Gasteiger partial charge on any atom is 0.341 e. The lowest BCUT2D eigenvalue weighted by molar-refractivity contribution is -0.139. The molecule has 0 unspecified atom stereocenters. The SMILES string of the molecule is CN(Cc1ccc(OCC(=O)O)c(-c2cncnc2)c1)S(O)(O)c1ccccc1. The molecule has 0 atom stereocenters. The smallest absolute Gasteiger partial charge is 0.341 e. The largest absolute Gasteiger partial charge is 0.481 e. The Morgan fingerprint density at radius 3 is 2.45 bits per heavy atom. The molecule has 9 heteroatoms. The standard InChI is InChI=1S/C20H21N3O5S/c1-23(29(26,27)17-5-3-2-4-6-17)12-15-7-8-19(28-13-20(24)25)18(9-15)16-10-21-14-22-11-16/h2-11,14,26-27H,12-13H2,1H3,(H,24,25). The van der Waals surface area contributed by atoms with Crippen molar-refractivity contribution >= 4 is 16.7 Å². The van der Waals surface area contributed by atoms with Crippen LogP contribution in [0.5, 0.6) is 5.75 Å². The normalized spacial score (nSPS) is 12.0. The first-order valence-electron chi connectivity index (χ1n) is 8.65. The summed E-state index contributed by atoms with van der Waals surface area (Å²) >= 11 is 0. The molecule has 2 aromatic carbocycles. The lowest BCUT2D eigenvalue weighted by Gasteiger charge is -2.40. The van der Waals surface area contributed by atoms with E-state index in [0.29, 0.717) is 21.8 Å². The second-order valence-corrected chi connectivity index (χ2v) is 8.39. The van der Waals surface area contributed by atoms with E-state index in [4.69, 9.17) is 9.84 Å². The molecular formula is C20H21N3O5S. The molecule has 0 saturated carbocycles. The molecule has 0 aliphatic heterocycles. The predicted molar refractivity (Wildman–Crippen MR) is 110 cm³/mol. The van der Waals surface area contributed by atoms with E-state index in [1.165, 1.54) is 10.6 Å². The molecule has 29 heavy (non-hydrogen) atoms. The van der Waals surface area contributed by atoms with Crippen LogP contribution in [0, 0.1) is 0 Å². The molecule has 3 aromatic rings. The molecule has 1 aromatic heterocycles. The molecule has 152 valence electrons. The first kappa shape index (κ1) is 20.7. The van der Waals surface area contributed by atoms with E-state index in [-0.39, 0.29) is 6.54 Å². The van der Waals surface area contributed by atoms with Gasteiger partial charge in [-0.3, -0.25) is 9.11 Å². The Balaban J connectivity index is 1.89. The summed E-state index contributed by atoms with van der Waals surface area (Å²) in [5.74, 6) is -0.704. The summed E-state index contributed by atoms with van der Waals surface area (Å²) < 4.78 is 28.2. The Bertz CT molecular complexity index is 970. The number of hydrogen-bond donors (Lipinski definition) is 3. The van der Waals surface area contributed by atoms with Gasteiger partial charge in [0, 0.05) is 37.1 Å². The fourth-order valence-electron chi connectivity index (χ4n) is 2.73. The molecule has 1 heterocycles. The van der Waals surface area contributed by atoms with Crippen molar-refractivity contribution in [3.05, 3.63) is 72.8 Å². The average Bonchev–Trinajstić information content (AvgIpc) is 2.74. The van der Waals surface area contributed by atoms with Crippen molar-refractivity contribution in [2.24, 2.45) is 0 Å². The molecule has 0 radical (unpaired) electrons. The van der Waals surface area contributed by atoms with Gasteiger partial charge < -0.3 is 9.84 Å². The van der Waals surface area contributed by atoms with Gasteiger partial charge in [-0.15, -0.1) is 10.8 Å². The van der Waals surface area contributed by atoms with E-state index >= 15 is 0 Å². The Morgan fingerprint density at radius 1 is 1.10 bits per heavy atom. The highest BCUT2D eigenvalue weighted by Gasteiger charge is 2.22. The molecule has 0 saturated heterocycles. The van der Waals surface area contributed by atoms with Gasteiger partial charge in [0.2, 0.25) is 0 Å². The Hall–Kier alpha value is -2.98. The third-order valence-corrected chi connectivity index (χ3v) is 6.07. The van der Waals surface area contributed by atoms with Crippen molar-refractivity contribution in [1.29, 1.82) is 0 Å². The van der Waals surface area contributed by atoms with Gasteiger partial charge in [0.15, 0.2) is 6.61 Å². The maximum atomic E-state index is 10.9. The number of ether oxygens (including phenoxy) is 1. The number of aliphatic carboxylic acids is 1. The molecular weight excluding hydrogens is 394 g/mol. The molecule has 0 amide bonds. The lowest BCUT2D eigenvalue weighted by Crippen LogP contribution is -2.23. The molecule has 0 aliphatic carbocycles. The topological polar surface area (TPSA) is 116 Å². The van der Waals surface area contributed by atoms with Gasteiger partial charge in [-0.1, -0.05) is 24.3 Å². The van der Waals surface area contributed by atoms with E-state index in [2.05, 4.69) is 9.97 Å². The molecule has 3 N–H and O–H groups in total. The van der Waals surface area contributed by atoms with E-state index < -0.39 is 23.4 Å². The van der Waals surface area contributed by atoms with Crippen LogP contribution in [0.15, 0.2) is 72.1 Å². The van der Waals surface area contributed by atoms with Gasteiger partial charge in [-0.05, 0) is 29.8 Å². The minimum atomic E-state index is -3.15. The molecule has 0 fully saturated rings. The van der Waals surface area contributed by atoms with E-state index in [9.17, 15) is 13.9 Å². The first-order valence-corrected chi connectivity index (χ1v) is 10.2. The van der Waals surface area contributed by atoms with Crippen LogP contribution in [-0.4, -0.2) is 48.1 Å². The summed E-state index contributed by atoms with van der Waals surface area (Å²) in [6, 6.07) is 13.8. The highest BCUT2D eigenvalue weighted by molar-refractivity contribution is 8.22. The van der Waals surface area contributed by atoms with E-state index in [0.717, 1.165) is 5.56 Å². The summed E-state index contributed by atoms with van der Waals surface area (Å²) in [5, 5.41) is 8.90. The minimum absolute atomic E-state index is 0.247. The monoisotopic (exact) mass is 415 g/mol. The van der Waals surface area contributed by atoms with Gasteiger partial charge in [-0.25, -0.2) is 19.1 Å². The fraction of sp³-hybridized carbons (Fsp3) is 0.150. The average molecular weight is 415 g/mol. The zero-order valence-corrected chi connectivity index (χ0v) is 16.5. The fourth-order valence-corrected chi connectivity index (χ4v) is 3.95. The van der Waals surface area contributed by atoms with Crippen LogP contribution in [-0.2, 0) is 11.3 Å². The Labute approximate surface area is 169 Å². The minimum Gasteiger partial charge on any atom is -0.481 e. The van der Waals surface area contributed by atoms with Crippen molar-refractivity contribution < 1.29 is 23.7 Å². The van der Waals surface area contributed by atoms with Crippen LogP contribution in [0.2, 0.25) is 0 Å². The Kier molecular flexibility index (Phi) is 6.45. The maximum absolute atomic E-state index is 10.9. The number of aromatic nitrogens is 2. The number of benzene rings is 2. The summed E-state index contributed by atoms with van der Waals surface area (Å²) in [6.07, 6.45) is 4.59. The van der Waals surface area contributed by atoms with E-state index in [1.54, 1.807) is 61.9 Å². The van der Waals surface area contributed by atoms with Gasteiger partial charge in [0.05, 0.1) is 4.90 Å². The van der Waals surface area contributed by atoms with Crippen molar-refractivity contribution in [2.75, 3.05) is 13.7 Å². The summed E-state index contributed by atoms with van der Waals surface area (Å²) in [5.41, 5.74) is 2.06. The van der Waals surface area contributed by atoms with Gasteiger partial charge in [0.25, 0.3) is 0 Å². The van der Waals surface area contributed by atoms with Crippen LogP contribution in [0.4, 0.5) is 0 Å². The first-order chi connectivity index (χ1) is 13.9. The van der Waals surface area contributed by atoms with Gasteiger partial charge in [-0.2, -0.15) is 0 Å². The predicted octanol–water partition coefficient (Wildman–Crippen LogP) is 3.76. The number of hydrogen-bond acceptors (Lipinski definition) is 7. The number of nitrogens with zero attached hydrogens (tertiary/aromatic N) is 3. The number of carboxylic acids is 1. The third kappa shape index (κ3) is 5.09. The highest BCUT2D eigenvalue weighted by Crippen LogP contribution is 2.51. The van der Waals surface area contributed by atoms with Crippen molar-refractivity contribution in [3.8, 4) is 16.9 Å². The summed E-state index contributed by atoms with van der Waals surface area (Å²) in [4.78, 5) is 19.3. The lowest BCUT2D eigenvalue weighted by atomic mass is 10.0. The van der Waals surface area contributed by atoms with Gasteiger partial charge >= 0.3 is 5.97 Å². The molecule has 8 nitrogen and oxygen atoms in total. The zero-order valence-electron chi connectivity index (χ0n) is 15.7. The van der Waals surface area contributed by atoms with Crippen molar-refractivity contribution in [2.45, 2.75) is 11.4 Å². The second kappa shape index (κ2) is 9.01. The van der Waals surface area contributed by atoms with Crippen LogP contribution in [0.1, 0.15) is 5.56 Å². The van der Waals surface area contributed by atoms with Crippen molar-refractivity contribution in [3.63, 3.8) is 0 Å². The van der Waals surface area contributed by atoms with Crippen LogP contribution < -0.4 is 4.74 Å². The van der Waals surface area contributed by atoms with Crippen LogP contribution in [0.25, 0.3) is 11.1 Å². The quantitative estimate of drug-likeness (QED) is 0.509. The van der Waals surface area contributed by atoms with E-state index in [1.807, 2.05) is 6.07 Å². The number of carboxylic acid groups (broad SMARTS) is 1. The highest BCUT2D eigenvalue weighted by atomic mass is 32.3. The molecule has 3 rings (SSSR count). The summed E-state index contributed by atoms with van der Waals surface area (Å²) in [7, 11) is -1.52. The molecule has 0 aliphatic rings. The number of rotatable bonds is 8. The van der Waals surface area contributed by atoms with Crippen molar-refractivity contribution in [1.82, 2.24) is 14.3 Å². The zero-order chi connectivity index (χ0) is 20.9. The Morgan fingerprint density at radius 2 is 1.79 bits per heavy atom. The third-order valence-electron chi connectivity index (χ3n) is 4.17. The number of carbonyl (C=O) groups is 1. The van der Waals surface area contributed by atoms with Gasteiger partial charge in [0.1, 0.15) is 12.1 Å². The molecule has 0 bridgehead atoms. The molecule has 0 spiro atoms. The van der Waals surface area contributed by atoms with Crippen LogP contribution >= 0.6 is 10.8 Å².